The predicted molar refractivity (Wildman–Crippen MR) is 144 cm³/mol. The average Bonchev–Trinajstić information content (AvgIpc) is 3.31. The molecule has 0 bridgehead atoms. The fourth-order valence-electron chi connectivity index (χ4n) is 4.86. The van der Waals surface area contributed by atoms with Gasteiger partial charge in [0.2, 0.25) is 0 Å². The van der Waals surface area contributed by atoms with Gasteiger partial charge >= 0.3 is 0 Å². The van der Waals surface area contributed by atoms with E-state index in [0.717, 1.165) is 28.8 Å². The van der Waals surface area contributed by atoms with Crippen molar-refractivity contribution in [2.75, 3.05) is 6.61 Å². The van der Waals surface area contributed by atoms with Crippen LogP contribution in [0.3, 0.4) is 0 Å². The number of phenols is 1. The van der Waals surface area contributed by atoms with Crippen molar-refractivity contribution in [2.45, 2.75) is 44.1 Å². The zero-order valence-electron chi connectivity index (χ0n) is 21.4. The average molecular weight is 532 g/mol. The van der Waals surface area contributed by atoms with Crippen LogP contribution in [0.15, 0.2) is 103 Å². The van der Waals surface area contributed by atoms with Gasteiger partial charge in [0.1, 0.15) is 18.0 Å². The molecule has 4 aromatic carbocycles. The molecule has 0 spiro atoms. The lowest BCUT2D eigenvalue weighted by Crippen LogP contribution is -2.39. The number of nitrogens with one attached hydrogen (secondary N) is 1. The number of hydrogen-bond acceptors (Lipinski definition) is 5. The molecule has 1 fully saturated rings. The molecule has 4 atom stereocenters. The number of hydrogen-bond donors (Lipinski definition) is 2. The van der Waals surface area contributed by atoms with Crippen LogP contribution in [-0.4, -0.2) is 30.0 Å². The van der Waals surface area contributed by atoms with E-state index in [4.69, 9.17) is 14.2 Å². The highest BCUT2D eigenvalue weighted by Gasteiger charge is 2.46. The summed E-state index contributed by atoms with van der Waals surface area (Å²) in [5.74, 6) is -2.51. The maximum atomic E-state index is 14.3. The van der Waals surface area contributed by atoms with E-state index in [2.05, 4.69) is 5.32 Å². The van der Waals surface area contributed by atoms with E-state index in [1.54, 1.807) is 0 Å². The van der Waals surface area contributed by atoms with Crippen LogP contribution in [0.4, 0.5) is 8.78 Å². The Morgan fingerprint density at radius 2 is 1.13 bits per heavy atom. The summed E-state index contributed by atoms with van der Waals surface area (Å²) in [6.45, 7) is 1.28. The quantitative estimate of drug-likeness (QED) is 0.246. The molecule has 0 radical (unpaired) electrons. The molecule has 2 N–H and O–H groups in total. The second-order valence-electron chi connectivity index (χ2n) is 9.60. The molecule has 0 aromatic heterocycles. The summed E-state index contributed by atoms with van der Waals surface area (Å²) >= 11 is 0. The third-order valence-electron chi connectivity index (χ3n) is 6.83. The molecule has 0 amide bonds. The molecule has 39 heavy (non-hydrogen) atoms. The highest BCUT2D eigenvalue weighted by molar-refractivity contribution is 5.38. The minimum atomic E-state index is -1.12. The second-order valence-corrected chi connectivity index (χ2v) is 9.60. The summed E-state index contributed by atoms with van der Waals surface area (Å²) in [6.07, 6.45) is -1.14. The van der Waals surface area contributed by atoms with Crippen molar-refractivity contribution in [1.29, 1.82) is 0 Å². The Kier molecular flexibility index (Phi) is 8.96. The van der Waals surface area contributed by atoms with E-state index in [-0.39, 0.29) is 30.6 Å². The van der Waals surface area contributed by atoms with Crippen molar-refractivity contribution >= 4 is 0 Å². The summed E-state index contributed by atoms with van der Waals surface area (Å²) in [5, 5.41) is 14.0. The van der Waals surface area contributed by atoms with Crippen molar-refractivity contribution in [3.63, 3.8) is 0 Å². The normalized spacial score (nSPS) is 20.8. The van der Waals surface area contributed by atoms with Crippen LogP contribution >= 0.6 is 0 Å². The van der Waals surface area contributed by atoms with Crippen molar-refractivity contribution < 1.29 is 28.1 Å². The zero-order chi connectivity index (χ0) is 27.0. The Labute approximate surface area is 227 Å². The first kappa shape index (κ1) is 27.0. The Morgan fingerprint density at radius 1 is 0.641 bits per heavy atom. The van der Waals surface area contributed by atoms with Crippen molar-refractivity contribution in [3.8, 4) is 5.75 Å². The van der Waals surface area contributed by atoms with Gasteiger partial charge in [-0.05, 0) is 22.8 Å². The predicted octanol–water partition coefficient (Wildman–Crippen LogP) is 6.07. The lowest BCUT2D eigenvalue weighted by molar-refractivity contribution is -0.0863. The Balaban J connectivity index is 1.42. The summed E-state index contributed by atoms with van der Waals surface area (Å²) in [4.78, 5) is 0. The summed E-state index contributed by atoms with van der Waals surface area (Å²) in [5.41, 5.74) is 3.17. The molecule has 0 saturated carbocycles. The minimum Gasteiger partial charge on any atom is -0.507 e. The van der Waals surface area contributed by atoms with Gasteiger partial charge in [0.05, 0.1) is 38.5 Å². The highest BCUT2D eigenvalue weighted by atomic mass is 19.2. The van der Waals surface area contributed by atoms with Gasteiger partial charge in [-0.25, -0.2) is 8.78 Å². The van der Waals surface area contributed by atoms with E-state index in [9.17, 15) is 13.9 Å². The minimum absolute atomic E-state index is 0.200. The molecule has 202 valence electrons. The molecule has 5 rings (SSSR count). The Bertz CT molecular complexity index is 1320. The van der Waals surface area contributed by atoms with Crippen LogP contribution in [0.25, 0.3) is 0 Å². The van der Waals surface area contributed by atoms with Gasteiger partial charge in [0.15, 0.2) is 11.6 Å². The molecule has 1 saturated heterocycles. The number of rotatable bonds is 11. The topological polar surface area (TPSA) is 60.0 Å². The zero-order valence-corrected chi connectivity index (χ0v) is 21.4. The van der Waals surface area contributed by atoms with Gasteiger partial charge < -0.3 is 24.6 Å². The van der Waals surface area contributed by atoms with Gasteiger partial charge in [0, 0.05) is 11.6 Å². The molecular formula is C32H31F2NO4. The SMILES string of the molecule is Oc1cc(F)c(F)cc1[C@@H]1N[C@@H](COCc2ccccc2)[C@H](OCc2ccccc2)[C@H]1OCc1ccccc1. The maximum Gasteiger partial charge on any atom is 0.162 e. The van der Waals surface area contributed by atoms with E-state index in [1.165, 1.54) is 0 Å². The molecule has 4 aromatic rings. The number of halogens is 2. The van der Waals surface area contributed by atoms with Crippen molar-refractivity contribution in [3.05, 3.63) is 137 Å². The first-order valence-corrected chi connectivity index (χ1v) is 12.9. The highest BCUT2D eigenvalue weighted by Crippen LogP contribution is 2.38. The van der Waals surface area contributed by atoms with Gasteiger partial charge in [-0.1, -0.05) is 91.0 Å². The van der Waals surface area contributed by atoms with Gasteiger partial charge in [-0.15, -0.1) is 0 Å². The lowest BCUT2D eigenvalue weighted by Gasteiger charge is -2.27. The smallest absolute Gasteiger partial charge is 0.162 e. The van der Waals surface area contributed by atoms with E-state index in [1.807, 2.05) is 91.0 Å². The van der Waals surface area contributed by atoms with Crippen LogP contribution in [-0.2, 0) is 34.0 Å². The molecular weight excluding hydrogens is 500 g/mol. The van der Waals surface area contributed by atoms with E-state index in [0.29, 0.717) is 13.2 Å². The number of ether oxygens (including phenoxy) is 3. The molecule has 7 heteroatoms. The van der Waals surface area contributed by atoms with Gasteiger partial charge in [-0.3, -0.25) is 0 Å². The monoisotopic (exact) mass is 531 g/mol. The molecule has 0 aliphatic carbocycles. The molecule has 1 heterocycles. The van der Waals surface area contributed by atoms with Gasteiger partial charge in [-0.2, -0.15) is 0 Å². The fourth-order valence-corrected chi connectivity index (χ4v) is 4.86. The molecule has 1 aliphatic rings. The first-order valence-electron chi connectivity index (χ1n) is 12.9. The van der Waals surface area contributed by atoms with E-state index < -0.39 is 29.9 Å². The standard InChI is InChI=1S/C32H31F2NO4/c33-26-16-25(29(36)17-27(26)34)30-32(39-20-24-14-8-3-9-15-24)31(38-19-23-12-6-2-7-13-23)28(35-30)21-37-18-22-10-4-1-5-11-22/h1-17,28,30-32,35-36H,18-21H2/t28-,30-,31-,32-/m0/s1. The number of benzene rings is 4. The van der Waals surface area contributed by atoms with Crippen LogP contribution in [0.1, 0.15) is 28.3 Å². The lowest BCUT2D eigenvalue weighted by atomic mass is 9.99. The first-order chi connectivity index (χ1) is 19.1. The summed E-state index contributed by atoms with van der Waals surface area (Å²) in [6, 6.07) is 30.1. The maximum absolute atomic E-state index is 14.3. The van der Waals surface area contributed by atoms with Crippen LogP contribution < -0.4 is 5.32 Å². The Hall–Kier alpha value is -3.62. The van der Waals surface area contributed by atoms with Crippen LogP contribution in [0.5, 0.6) is 5.75 Å². The number of aromatic hydroxyl groups is 1. The largest absolute Gasteiger partial charge is 0.507 e. The molecule has 0 unspecified atom stereocenters. The fraction of sp³-hybridized carbons (Fsp3) is 0.250. The molecule has 1 aliphatic heterocycles. The van der Waals surface area contributed by atoms with Gasteiger partial charge in [0.25, 0.3) is 0 Å². The second kappa shape index (κ2) is 13.0. The summed E-state index contributed by atoms with van der Waals surface area (Å²) < 4.78 is 47.1. The Morgan fingerprint density at radius 3 is 1.69 bits per heavy atom. The number of phenolic OH excluding ortho intramolecular Hbond substituents is 1. The van der Waals surface area contributed by atoms with Crippen LogP contribution in [0.2, 0.25) is 0 Å². The van der Waals surface area contributed by atoms with E-state index >= 15 is 0 Å². The third-order valence-corrected chi connectivity index (χ3v) is 6.83. The molecule has 5 nitrogen and oxygen atoms in total. The van der Waals surface area contributed by atoms with Crippen molar-refractivity contribution in [1.82, 2.24) is 5.32 Å². The third kappa shape index (κ3) is 6.88. The van der Waals surface area contributed by atoms with Crippen molar-refractivity contribution in [2.24, 2.45) is 0 Å². The van der Waals surface area contributed by atoms with Crippen LogP contribution in [0, 0.1) is 11.6 Å². The summed E-state index contributed by atoms with van der Waals surface area (Å²) in [7, 11) is 0.